The third kappa shape index (κ3) is 2.84. The van der Waals surface area contributed by atoms with Gasteiger partial charge in [-0.05, 0) is 5.56 Å². The van der Waals surface area contributed by atoms with Gasteiger partial charge in [-0.3, -0.25) is 4.79 Å². The lowest BCUT2D eigenvalue weighted by Crippen LogP contribution is -2.27. The van der Waals surface area contributed by atoms with Gasteiger partial charge in [-0.15, -0.1) is 0 Å². The Morgan fingerprint density at radius 3 is 2.80 bits per heavy atom. The Kier molecular flexibility index (Phi) is 3.02. The first-order chi connectivity index (χ1) is 7.34. The minimum absolute atomic E-state index is 0.0655. The average Bonchev–Trinajstić information content (AvgIpc) is 2.28. The van der Waals surface area contributed by atoms with E-state index in [1.165, 1.54) is 6.08 Å². The Morgan fingerprint density at radius 1 is 1.27 bits per heavy atom. The van der Waals surface area contributed by atoms with Crippen LogP contribution in [0, 0.1) is 0 Å². The van der Waals surface area contributed by atoms with Gasteiger partial charge in [0.1, 0.15) is 12.4 Å². The molecule has 1 N–H and O–H groups in total. The number of nitrogens with one attached hydrogen (secondary N) is 1. The molecule has 3 nitrogen and oxygen atoms in total. The molecule has 0 atom stereocenters. The molecule has 0 spiro atoms. The standard InChI is InChI=1S/C12H13NO2/c14-12-8-11(6-7-13-12)15-9-10-4-2-1-3-5-10/h1-5,8H,6-7,9H2,(H,13,14). The van der Waals surface area contributed by atoms with Gasteiger partial charge < -0.3 is 10.1 Å². The zero-order valence-electron chi connectivity index (χ0n) is 8.40. The molecule has 15 heavy (non-hydrogen) atoms. The van der Waals surface area contributed by atoms with E-state index in [1.54, 1.807) is 0 Å². The van der Waals surface area contributed by atoms with Crippen LogP contribution in [0.5, 0.6) is 0 Å². The number of amides is 1. The summed E-state index contributed by atoms with van der Waals surface area (Å²) in [7, 11) is 0. The molecule has 1 aliphatic rings. The van der Waals surface area contributed by atoms with Crippen molar-refractivity contribution in [3.63, 3.8) is 0 Å². The first-order valence-electron chi connectivity index (χ1n) is 5.00. The third-order valence-electron chi connectivity index (χ3n) is 2.23. The molecular weight excluding hydrogens is 190 g/mol. The highest BCUT2D eigenvalue weighted by molar-refractivity contribution is 5.88. The first-order valence-corrected chi connectivity index (χ1v) is 5.00. The predicted molar refractivity (Wildman–Crippen MR) is 56.9 cm³/mol. The summed E-state index contributed by atoms with van der Waals surface area (Å²) in [5, 5.41) is 2.71. The second kappa shape index (κ2) is 4.64. The van der Waals surface area contributed by atoms with Crippen molar-refractivity contribution < 1.29 is 9.53 Å². The lowest BCUT2D eigenvalue weighted by Gasteiger charge is -2.14. The van der Waals surface area contributed by atoms with Crippen LogP contribution in [0.25, 0.3) is 0 Å². The summed E-state index contributed by atoms with van der Waals surface area (Å²) in [6.07, 6.45) is 2.30. The summed E-state index contributed by atoms with van der Waals surface area (Å²) >= 11 is 0. The summed E-state index contributed by atoms with van der Waals surface area (Å²) in [6.45, 7) is 1.19. The number of hydrogen-bond acceptors (Lipinski definition) is 2. The smallest absolute Gasteiger partial charge is 0.247 e. The van der Waals surface area contributed by atoms with E-state index in [4.69, 9.17) is 4.74 Å². The maximum absolute atomic E-state index is 11.0. The maximum Gasteiger partial charge on any atom is 0.247 e. The summed E-state index contributed by atoms with van der Waals surface area (Å²) < 4.78 is 5.54. The normalized spacial score (nSPS) is 15.5. The zero-order chi connectivity index (χ0) is 10.5. The molecular formula is C12H13NO2. The highest BCUT2D eigenvalue weighted by Gasteiger charge is 2.09. The molecule has 3 heteroatoms. The van der Waals surface area contributed by atoms with E-state index < -0.39 is 0 Å². The molecule has 1 aromatic rings. The van der Waals surface area contributed by atoms with E-state index in [-0.39, 0.29) is 5.91 Å². The highest BCUT2D eigenvalue weighted by atomic mass is 16.5. The van der Waals surface area contributed by atoms with Crippen LogP contribution in [0.2, 0.25) is 0 Å². The number of carbonyl (C=O) groups excluding carboxylic acids is 1. The fourth-order valence-corrected chi connectivity index (χ4v) is 1.44. The van der Waals surface area contributed by atoms with Crippen molar-refractivity contribution in [2.24, 2.45) is 0 Å². The van der Waals surface area contributed by atoms with Crippen LogP contribution >= 0.6 is 0 Å². The molecule has 1 aliphatic heterocycles. The summed E-state index contributed by atoms with van der Waals surface area (Å²) in [5.74, 6) is 0.701. The molecule has 0 radical (unpaired) electrons. The second-order valence-electron chi connectivity index (χ2n) is 3.43. The van der Waals surface area contributed by atoms with Crippen LogP contribution < -0.4 is 5.32 Å². The van der Waals surface area contributed by atoms with Gasteiger partial charge in [0.25, 0.3) is 0 Å². The topological polar surface area (TPSA) is 38.3 Å². The molecule has 0 bridgehead atoms. The Balaban J connectivity index is 1.91. The number of ether oxygens (including phenoxy) is 1. The van der Waals surface area contributed by atoms with Crippen molar-refractivity contribution in [1.29, 1.82) is 0 Å². The Morgan fingerprint density at radius 2 is 2.07 bits per heavy atom. The molecule has 1 amide bonds. The number of hydrogen-bond donors (Lipinski definition) is 1. The van der Waals surface area contributed by atoms with Crippen LogP contribution in [-0.4, -0.2) is 12.5 Å². The summed E-state index contributed by atoms with van der Waals surface area (Å²) in [5.41, 5.74) is 1.12. The van der Waals surface area contributed by atoms with Crippen LogP contribution in [0.1, 0.15) is 12.0 Å². The van der Waals surface area contributed by atoms with Gasteiger partial charge in [0.05, 0.1) is 0 Å². The van der Waals surface area contributed by atoms with E-state index in [0.717, 1.165) is 17.7 Å². The molecule has 0 saturated heterocycles. The van der Waals surface area contributed by atoms with Gasteiger partial charge >= 0.3 is 0 Å². The van der Waals surface area contributed by atoms with Gasteiger partial charge in [-0.25, -0.2) is 0 Å². The van der Waals surface area contributed by atoms with Crippen molar-refractivity contribution in [2.45, 2.75) is 13.0 Å². The summed E-state index contributed by atoms with van der Waals surface area (Å²) in [4.78, 5) is 11.0. The predicted octanol–water partition coefficient (Wildman–Crippen LogP) is 1.61. The van der Waals surface area contributed by atoms with Gasteiger partial charge in [-0.1, -0.05) is 30.3 Å². The van der Waals surface area contributed by atoms with Gasteiger partial charge in [0.15, 0.2) is 0 Å². The number of benzene rings is 1. The monoisotopic (exact) mass is 203 g/mol. The van der Waals surface area contributed by atoms with E-state index in [2.05, 4.69) is 5.32 Å². The van der Waals surface area contributed by atoms with Crippen LogP contribution in [0.3, 0.4) is 0 Å². The molecule has 1 heterocycles. The Bertz CT molecular complexity index is 370. The van der Waals surface area contributed by atoms with E-state index >= 15 is 0 Å². The van der Waals surface area contributed by atoms with E-state index in [1.807, 2.05) is 30.3 Å². The molecule has 78 valence electrons. The second-order valence-corrected chi connectivity index (χ2v) is 3.43. The van der Waals surface area contributed by atoms with Crippen molar-refractivity contribution in [3.8, 4) is 0 Å². The van der Waals surface area contributed by atoms with Crippen molar-refractivity contribution >= 4 is 5.91 Å². The van der Waals surface area contributed by atoms with Gasteiger partial charge in [-0.2, -0.15) is 0 Å². The molecule has 0 fully saturated rings. The van der Waals surface area contributed by atoms with Gasteiger partial charge in [0, 0.05) is 19.0 Å². The Hall–Kier alpha value is -1.77. The fourth-order valence-electron chi connectivity index (χ4n) is 1.44. The van der Waals surface area contributed by atoms with Crippen molar-refractivity contribution in [2.75, 3.05) is 6.54 Å². The molecule has 0 aliphatic carbocycles. The molecule has 0 aromatic heterocycles. The van der Waals surface area contributed by atoms with Crippen LogP contribution in [0.15, 0.2) is 42.2 Å². The van der Waals surface area contributed by atoms with E-state index in [9.17, 15) is 4.79 Å². The number of carbonyl (C=O) groups is 1. The van der Waals surface area contributed by atoms with Crippen LogP contribution in [0.4, 0.5) is 0 Å². The van der Waals surface area contributed by atoms with Crippen molar-refractivity contribution in [3.05, 3.63) is 47.7 Å². The lowest BCUT2D eigenvalue weighted by molar-refractivity contribution is -0.117. The minimum Gasteiger partial charge on any atom is -0.493 e. The first kappa shape index (κ1) is 9.77. The average molecular weight is 203 g/mol. The molecule has 0 saturated carbocycles. The van der Waals surface area contributed by atoms with Crippen LogP contribution in [-0.2, 0) is 16.1 Å². The fraction of sp³-hybridized carbons (Fsp3) is 0.250. The maximum atomic E-state index is 11.0. The highest BCUT2D eigenvalue weighted by Crippen LogP contribution is 2.10. The third-order valence-corrected chi connectivity index (χ3v) is 2.23. The lowest BCUT2D eigenvalue weighted by atomic mass is 10.2. The van der Waals surface area contributed by atoms with Crippen molar-refractivity contribution in [1.82, 2.24) is 5.32 Å². The van der Waals surface area contributed by atoms with Gasteiger partial charge in [0.2, 0.25) is 5.91 Å². The quantitative estimate of drug-likeness (QED) is 0.810. The molecule has 0 unspecified atom stereocenters. The molecule has 1 aromatic carbocycles. The Labute approximate surface area is 88.8 Å². The zero-order valence-corrected chi connectivity index (χ0v) is 8.40. The largest absolute Gasteiger partial charge is 0.493 e. The SMILES string of the molecule is O=C1C=C(OCc2ccccc2)CCN1. The van der Waals surface area contributed by atoms with E-state index in [0.29, 0.717) is 13.2 Å². The molecule has 2 rings (SSSR count). The summed E-state index contributed by atoms with van der Waals surface area (Å²) in [6, 6.07) is 9.92. The number of rotatable bonds is 3. The minimum atomic E-state index is -0.0655.